The minimum atomic E-state index is -1.03. The topological polar surface area (TPSA) is 87.4 Å². The molecule has 17 heavy (non-hydrogen) atoms. The molecule has 0 radical (unpaired) electrons. The Morgan fingerprint density at radius 3 is 2.65 bits per heavy atom. The third-order valence-electron chi connectivity index (χ3n) is 2.32. The van der Waals surface area contributed by atoms with E-state index in [0.717, 1.165) is 4.57 Å². The van der Waals surface area contributed by atoms with Crippen LogP contribution in [0.4, 0.5) is 0 Å². The number of methoxy groups -OCH3 is 1. The molecule has 0 N–H and O–H groups in total. The van der Waals surface area contributed by atoms with Crippen molar-refractivity contribution in [1.82, 2.24) is 0 Å². The van der Waals surface area contributed by atoms with Crippen LogP contribution in [0.25, 0.3) is 5.69 Å². The van der Waals surface area contributed by atoms with Crippen LogP contribution in [0.2, 0.25) is 0 Å². The number of pyridine rings is 1. The zero-order valence-electron chi connectivity index (χ0n) is 8.80. The Morgan fingerprint density at radius 1 is 1.35 bits per heavy atom. The van der Waals surface area contributed by atoms with E-state index in [-0.39, 0.29) is 11.3 Å². The molecule has 0 bridgehead atoms. The normalized spacial score (nSPS) is 10.4. The molecule has 1 aromatic carbocycles. The van der Waals surface area contributed by atoms with Crippen molar-refractivity contribution in [2.45, 2.75) is 0 Å². The lowest BCUT2D eigenvalue weighted by Crippen LogP contribution is -2.49. The zero-order chi connectivity index (χ0) is 12.6. The van der Waals surface area contributed by atoms with E-state index >= 15 is 0 Å². The minimum absolute atomic E-state index is 0.183. The van der Waals surface area contributed by atoms with Crippen LogP contribution < -0.4 is 20.5 Å². The maximum Gasteiger partial charge on any atom is 0.343 e. The Morgan fingerprint density at radius 2 is 2.06 bits per heavy atom. The summed E-state index contributed by atoms with van der Waals surface area (Å²) in [6.07, 6.45) is 2.67. The molecule has 0 spiro atoms. The molecular weight excluding hydrogens is 226 g/mol. The molecule has 1 heterocycles. The first-order valence-electron chi connectivity index (χ1n) is 4.66. The molecule has 0 atom stereocenters. The van der Waals surface area contributed by atoms with Gasteiger partial charge in [-0.2, -0.15) is 4.57 Å². The molecule has 6 nitrogen and oxygen atoms in total. The number of nitrogens with zero attached hydrogens (tertiary/aromatic N) is 1. The molecule has 1 aromatic heterocycles. The smallest absolute Gasteiger partial charge is 0.343 e. The number of hydrogen-bond acceptors (Lipinski definition) is 5. The van der Waals surface area contributed by atoms with Crippen molar-refractivity contribution in [2.24, 2.45) is 0 Å². The molecule has 0 saturated carbocycles. The SMILES string of the molecule is COC(=O)c1ccc[n+](-c2c([O-])c(=O)c2=O)c1. The number of carbonyl (C=O) groups excluding carboxylic acids is 1. The third-order valence-corrected chi connectivity index (χ3v) is 2.32. The first-order chi connectivity index (χ1) is 8.06. The Labute approximate surface area is 95.0 Å². The van der Waals surface area contributed by atoms with E-state index in [2.05, 4.69) is 4.74 Å². The van der Waals surface area contributed by atoms with Gasteiger partial charge in [0, 0.05) is 11.8 Å². The summed E-state index contributed by atoms with van der Waals surface area (Å²) in [4.78, 5) is 33.2. The molecule has 6 heteroatoms. The number of aromatic nitrogens is 1. The highest BCUT2D eigenvalue weighted by Gasteiger charge is 2.23. The van der Waals surface area contributed by atoms with Crippen LogP contribution in [0, 0.1) is 0 Å². The van der Waals surface area contributed by atoms with E-state index in [1.54, 1.807) is 0 Å². The quantitative estimate of drug-likeness (QED) is 0.355. The molecule has 0 aliphatic carbocycles. The Bertz CT molecular complexity index is 667. The van der Waals surface area contributed by atoms with Gasteiger partial charge in [0.25, 0.3) is 11.1 Å². The second kappa shape index (κ2) is 3.82. The van der Waals surface area contributed by atoms with Crippen LogP contribution in [-0.2, 0) is 4.74 Å². The van der Waals surface area contributed by atoms with Gasteiger partial charge in [-0.1, -0.05) is 0 Å². The molecule has 0 unspecified atom stereocenters. The summed E-state index contributed by atoms with van der Waals surface area (Å²) in [6, 6.07) is 2.95. The van der Waals surface area contributed by atoms with Crippen LogP contribution in [0.3, 0.4) is 0 Å². The van der Waals surface area contributed by atoms with Gasteiger partial charge < -0.3 is 9.84 Å². The van der Waals surface area contributed by atoms with Crippen molar-refractivity contribution in [3.05, 3.63) is 50.5 Å². The van der Waals surface area contributed by atoms with Gasteiger partial charge in [-0.3, -0.25) is 9.59 Å². The molecule has 0 aliphatic rings. The van der Waals surface area contributed by atoms with Crippen molar-refractivity contribution in [2.75, 3.05) is 7.11 Å². The summed E-state index contributed by atoms with van der Waals surface area (Å²) in [5.41, 5.74) is -1.94. The van der Waals surface area contributed by atoms with Crippen molar-refractivity contribution >= 4 is 5.97 Å². The standard InChI is InChI=1S/C11H7NO5/c1-17-11(16)6-3-2-4-12(5-6)7-8(13)10(15)9(7)14/h2-5H,1H3. The summed E-state index contributed by atoms with van der Waals surface area (Å²) in [5, 5.41) is 11.2. The van der Waals surface area contributed by atoms with Gasteiger partial charge in [0.05, 0.1) is 7.11 Å². The van der Waals surface area contributed by atoms with E-state index < -0.39 is 22.6 Å². The fourth-order valence-corrected chi connectivity index (χ4v) is 1.45. The summed E-state index contributed by atoms with van der Waals surface area (Å²) in [5.74, 6) is -1.44. The van der Waals surface area contributed by atoms with Gasteiger partial charge in [0.15, 0.2) is 12.4 Å². The average molecular weight is 233 g/mol. The highest BCUT2D eigenvalue weighted by molar-refractivity contribution is 5.88. The molecule has 2 aromatic rings. The van der Waals surface area contributed by atoms with Gasteiger partial charge in [0.1, 0.15) is 5.56 Å². The summed E-state index contributed by atoms with van der Waals surface area (Å²) < 4.78 is 5.65. The second-order valence-electron chi connectivity index (χ2n) is 3.33. The van der Waals surface area contributed by atoms with Gasteiger partial charge in [-0.15, -0.1) is 0 Å². The number of ether oxygens (including phenoxy) is 1. The van der Waals surface area contributed by atoms with Crippen LogP contribution >= 0.6 is 0 Å². The lowest BCUT2D eigenvalue weighted by Gasteiger charge is -2.08. The molecule has 0 fully saturated rings. The predicted molar refractivity (Wildman–Crippen MR) is 53.7 cm³/mol. The van der Waals surface area contributed by atoms with Crippen molar-refractivity contribution in [3.8, 4) is 11.4 Å². The lowest BCUT2D eigenvalue weighted by molar-refractivity contribution is -0.602. The average Bonchev–Trinajstić information content (AvgIpc) is 2.38. The van der Waals surface area contributed by atoms with Gasteiger partial charge in [-0.25, -0.2) is 4.79 Å². The number of hydrogen-bond donors (Lipinski definition) is 0. The van der Waals surface area contributed by atoms with E-state index in [4.69, 9.17) is 0 Å². The first-order valence-corrected chi connectivity index (χ1v) is 4.66. The summed E-state index contributed by atoms with van der Waals surface area (Å²) in [6.45, 7) is 0. The molecule has 0 aliphatic heterocycles. The third kappa shape index (κ3) is 1.59. The number of rotatable bonds is 2. The molecule has 2 rings (SSSR count). The van der Waals surface area contributed by atoms with Crippen molar-refractivity contribution in [1.29, 1.82) is 0 Å². The second-order valence-corrected chi connectivity index (χ2v) is 3.33. The van der Waals surface area contributed by atoms with Crippen molar-refractivity contribution in [3.63, 3.8) is 0 Å². The Kier molecular flexibility index (Phi) is 2.47. The predicted octanol–water partition coefficient (Wildman–Crippen LogP) is -1.58. The van der Waals surface area contributed by atoms with E-state index in [1.807, 2.05) is 0 Å². The highest BCUT2D eigenvalue weighted by atomic mass is 16.5. The maximum absolute atomic E-state index is 11.2. The van der Waals surface area contributed by atoms with Crippen LogP contribution in [0.15, 0.2) is 34.1 Å². The Balaban J connectivity index is 2.52. The van der Waals surface area contributed by atoms with Crippen molar-refractivity contribution < 1.29 is 19.2 Å². The maximum atomic E-state index is 11.2. The fraction of sp³-hybridized carbons (Fsp3) is 0.0909. The molecular formula is C11H7NO5. The van der Waals surface area contributed by atoms with Crippen LogP contribution in [0.5, 0.6) is 5.75 Å². The first kappa shape index (κ1) is 11.0. The number of carbonyl (C=O) groups is 1. The molecule has 0 saturated heterocycles. The van der Waals surface area contributed by atoms with E-state index in [9.17, 15) is 19.5 Å². The van der Waals surface area contributed by atoms with E-state index in [1.165, 1.54) is 31.6 Å². The van der Waals surface area contributed by atoms with E-state index in [0.29, 0.717) is 0 Å². The fourth-order valence-electron chi connectivity index (χ4n) is 1.45. The van der Waals surface area contributed by atoms with Crippen LogP contribution in [0.1, 0.15) is 10.4 Å². The van der Waals surface area contributed by atoms with Gasteiger partial charge in [-0.05, 0) is 6.07 Å². The summed E-state index contributed by atoms with van der Waals surface area (Å²) >= 11 is 0. The minimum Gasteiger partial charge on any atom is -0.865 e. The van der Waals surface area contributed by atoms with Gasteiger partial charge in [0.2, 0.25) is 5.43 Å². The molecule has 86 valence electrons. The zero-order valence-corrected chi connectivity index (χ0v) is 8.80. The monoisotopic (exact) mass is 233 g/mol. The lowest BCUT2D eigenvalue weighted by atomic mass is 10.2. The summed E-state index contributed by atoms with van der Waals surface area (Å²) in [7, 11) is 1.22. The highest BCUT2D eigenvalue weighted by Crippen LogP contribution is 2.05. The van der Waals surface area contributed by atoms with Crippen LogP contribution in [-0.4, -0.2) is 13.1 Å². The number of esters is 1. The van der Waals surface area contributed by atoms with Gasteiger partial charge >= 0.3 is 5.97 Å². The largest absolute Gasteiger partial charge is 0.865 e. The Hall–Kier alpha value is -2.50. The molecule has 0 amide bonds.